The summed E-state index contributed by atoms with van der Waals surface area (Å²) in [5, 5.41) is 7.15. The summed E-state index contributed by atoms with van der Waals surface area (Å²) in [5.41, 5.74) is 1.86. The van der Waals surface area contributed by atoms with Crippen molar-refractivity contribution < 1.29 is 14.4 Å². The molecule has 1 fully saturated rings. The Labute approximate surface area is 149 Å². The summed E-state index contributed by atoms with van der Waals surface area (Å²) in [6.07, 6.45) is 2.38. The van der Waals surface area contributed by atoms with Crippen molar-refractivity contribution in [2.75, 3.05) is 11.9 Å². The zero-order chi connectivity index (χ0) is 17.8. The minimum atomic E-state index is -0.591. The number of amides is 4. The molecule has 1 aromatic heterocycles. The minimum Gasteiger partial charge on any atom is -0.324 e. The molecular formula is C18H17N3O3S. The number of imide groups is 1. The number of nitrogens with one attached hydrogen (secondary N) is 2. The topological polar surface area (TPSA) is 78.5 Å². The van der Waals surface area contributed by atoms with Gasteiger partial charge in [0.15, 0.2) is 0 Å². The molecule has 0 bridgehead atoms. The summed E-state index contributed by atoms with van der Waals surface area (Å²) in [6, 6.07) is 10.5. The molecule has 7 heteroatoms. The molecule has 0 unspecified atom stereocenters. The largest absolute Gasteiger partial charge is 0.329 e. The van der Waals surface area contributed by atoms with Crippen LogP contribution in [0.15, 0.2) is 47.5 Å². The summed E-state index contributed by atoms with van der Waals surface area (Å²) in [5.74, 6) is -0.917. The highest BCUT2D eigenvalue weighted by Gasteiger charge is 2.35. The molecule has 2 heterocycles. The average Bonchev–Trinajstić information content (AvgIpc) is 3.20. The van der Waals surface area contributed by atoms with Gasteiger partial charge in [-0.2, -0.15) is 0 Å². The molecule has 0 aliphatic carbocycles. The van der Waals surface area contributed by atoms with Crippen LogP contribution in [0.5, 0.6) is 0 Å². The van der Waals surface area contributed by atoms with Gasteiger partial charge in [-0.1, -0.05) is 31.2 Å². The zero-order valence-electron chi connectivity index (χ0n) is 13.6. The van der Waals surface area contributed by atoms with Gasteiger partial charge in [-0.15, -0.1) is 11.3 Å². The Morgan fingerprint density at radius 3 is 2.76 bits per heavy atom. The van der Waals surface area contributed by atoms with Crippen molar-refractivity contribution in [2.24, 2.45) is 0 Å². The number of benzene rings is 1. The van der Waals surface area contributed by atoms with E-state index in [1.807, 2.05) is 42.6 Å². The SMILES string of the molecule is CCc1ccccc1NC(=O)CN1C(=O)N/C(=C/c2cccs2)C1=O. The van der Waals surface area contributed by atoms with E-state index in [1.165, 1.54) is 11.3 Å². The Bertz CT molecular complexity index is 843. The molecule has 6 nitrogen and oxygen atoms in total. The second kappa shape index (κ2) is 7.31. The number of nitrogens with zero attached hydrogens (tertiary/aromatic N) is 1. The van der Waals surface area contributed by atoms with E-state index in [4.69, 9.17) is 0 Å². The molecule has 25 heavy (non-hydrogen) atoms. The minimum absolute atomic E-state index is 0.175. The number of thiophene rings is 1. The van der Waals surface area contributed by atoms with Gasteiger partial charge in [-0.05, 0) is 35.6 Å². The van der Waals surface area contributed by atoms with Crippen LogP contribution >= 0.6 is 11.3 Å². The summed E-state index contributed by atoms with van der Waals surface area (Å²) in [7, 11) is 0. The van der Waals surface area contributed by atoms with E-state index in [9.17, 15) is 14.4 Å². The Hall–Kier alpha value is -2.93. The Morgan fingerprint density at radius 1 is 1.24 bits per heavy atom. The summed E-state index contributed by atoms with van der Waals surface area (Å²) >= 11 is 1.46. The van der Waals surface area contributed by atoms with Crippen LogP contribution < -0.4 is 10.6 Å². The second-order valence-electron chi connectivity index (χ2n) is 5.45. The Balaban J connectivity index is 1.69. The molecule has 0 saturated carbocycles. The fourth-order valence-electron chi connectivity index (χ4n) is 2.51. The molecule has 3 rings (SSSR count). The van der Waals surface area contributed by atoms with E-state index < -0.39 is 17.8 Å². The van der Waals surface area contributed by atoms with E-state index >= 15 is 0 Å². The first-order valence-corrected chi connectivity index (χ1v) is 8.72. The van der Waals surface area contributed by atoms with Gasteiger partial charge in [0.1, 0.15) is 12.2 Å². The lowest BCUT2D eigenvalue weighted by molar-refractivity contribution is -0.127. The lowest BCUT2D eigenvalue weighted by atomic mass is 10.1. The van der Waals surface area contributed by atoms with Crippen LogP contribution in [-0.2, 0) is 16.0 Å². The van der Waals surface area contributed by atoms with Crippen molar-refractivity contribution in [1.82, 2.24) is 10.2 Å². The van der Waals surface area contributed by atoms with Crippen LogP contribution in [-0.4, -0.2) is 29.3 Å². The van der Waals surface area contributed by atoms with Crippen molar-refractivity contribution in [1.29, 1.82) is 0 Å². The van der Waals surface area contributed by atoms with Gasteiger partial charge in [0.05, 0.1) is 0 Å². The van der Waals surface area contributed by atoms with Crippen LogP contribution in [0.2, 0.25) is 0 Å². The number of carbonyl (C=O) groups is 3. The van der Waals surface area contributed by atoms with Gasteiger partial charge in [-0.3, -0.25) is 9.59 Å². The van der Waals surface area contributed by atoms with Gasteiger partial charge >= 0.3 is 6.03 Å². The molecule has 2 N–H and O–H groups in total. The third-order valence-corrected chi connectivity index (χ3v) is 4.59. The van der Waals surface area contributed by atoms with Gasteiger partial charge in [-0.25, -0.2) is 9.69 Å². The highest BCUT2D eigenvalue weighted by Crippen LogP contribution is 2.18. The van der Waals surface area contributed by atoms with Crippen LogP contribution in [0.25, 0.3) is 6.08 Å². The van der Waals surface area contributed by atoms with E-state index in [0.29, 0.717) is 5.69 Å². The maximum absolute atomic E-state index is 12.4. The Morgan fingerprint density at radius 2 is 2.04 bits per heavy atom. The molecule has 4 amide bonds. The van der Waals surface area contributed by atoms with Gasteiger partial charge in [0.25, 0.3) is 5.91 Å². The van der Waals surface area contributed by atoms with E-state index in [-0.39, 0.29) is 12.2 Å². The molecule has 0 spiro atoms. The van der Waals surface area contributed by atoms with Crippen molar-refractivity contribution in [3.05, 3.63) is 57.9 Å². The number of hydrogen-bond donors (Lipinski definition) is 2. The first kappa shape index (κ1) is 16.9. The molecule has 128 valence electrons. The number of anilines is 1. The van der Waals surface area contributed by atoms with Crippen LogP contribution in [0.4, 0.5) is 10.5 Å². The smallest absolute Gasteiger partial charge is 0.324 e. The maximum Gasteiger partial charge on any atom is 0.329 e. The van der Waals surface area contributed by atoms with Crippen LogP contribution in [0.3, 0.4) is 0 Å². The third-order valence-electron chi connectivity index (χ3n) is 3.77. The third kappa shape index (κ3) is 3.77. The highest BCUT2D eigenvalue weighted by atomic mass is 32.1. The number of carbonyl (C=O) groups excluding carboxylic acids is 3. The van der Waals surface area contributed by atoms with E-state index in [1.54, 1.807) is 12.1 Å². The molecule has 1 saturated heterocycles. The lowest BCUT2D eigenvalue weighted by Gasteiger charge is -2.13. The van der Waals surface area contributed by atoms with E-state index in [0.717, 1.165) is 21.8 Å². The van der Waals surface area contributed by atoms with Crippen molar-refractivity contribution in [3.8, 4) is 0 Å². The fourth-order valence-corrected chi connectivity index (χ4v) is 3.17. The summed E-state index contributed by atoms with van der Waals surface area (Å²) in [6.45, 7) is 1.66. The number of hydrogen-bond acceptors (Lipinski definition) is 4. The van der Waals surface area contributed by atoms with Crippen LogP contribution in [0, 0.1) is 0 Å². The monoisotopic (exact) mass is 355 g/mol. The van der Waals surface area contributed by atoms with Crippen molar-refractivity contribution in [3.63, 3.8) is 0 Å². The van der Waals surface area contributed by atoms with Crippen LogP contribution in [0.1, 0.15) is 17.4 Å². The summed E-state index contributed by atoms with van der Waals surface area (Å²) < 4.78 is 0. The van der Waals surface area contributed by atoms with Gasteiger partial charge < -0.3 is 10.6 Å². The quantitative estimate of drug-likeness (QED) is 0.639. The second-order valence-corrected chi connectivity index (χ2v) is 6.43. The number of aryl methyl sites for hydroxylation is 1. The summed E-state index contributed by atoms with van der Waals surface area (Å²) in [4.78, 5) is 38.4. The predicted molar refractivity (Wildman–Crippen MR) is 97.0 cm³/mol. The fraction of sp³-hybridized carbons (Fsp3) is 0.167. The van der Waals surface area contributed by atoms with Crippen molar-refractivity contribution in [2.45, 2.75) is 13.3 Å². The normalized spacial score (nSPS) is 15.6. The van der Waals surface area contributed by atoms with Gasteiger partial charge in [0, 0.05) is 10.6 Å². The molecule has 1 aromatic carbocycles. The lowest BCUT2D eigenvalue weighted by Crippen LogP contribution is -2.38. The number of rotatable bonds is 5. The molecule has 1 aliphatic heterocycles. The average molecular weight is 355 g/mol. The standard InChI is InChI=1S/C18H17N3O3S/c1-2-12-6-3-4-8-14(12)19-16(22)11-21-17(23)15(20-18(21)24)10-13-7-5-9-25-13/h3-10H,2,11H2,1H3,(H,19,22)(H,20,24)/b15-10+. The molecule has 1 aliphatic rings. The van der Waals surface area contributed by atoms with E-state index in [2.05, 4.69) is 10.6 Å². The first-order chi connectivity index (χ1) is 12.1. The Kier molecular flexibility index (Phi) is 4.95. The molecular weight excluding hydrogens is 338 g/mol. The van der Waals surface area contributed by atoms with Gasteiger partial charge in [0.2, 0.25) is 5.91 Å². The number of para-hydroxylation sites is 1. The molecule has 2 aromatic rings. The van der Waals surface area contributed by atoms with Crippen molar-refractivity contribution >= 4 is 40.9 Å². The zero-order valence-corrected chi connectivity index (χ0v) is 14.4. The molecule has 0 radical (unpaired) electrons. The number of urea groups is 1. The highest BCUT2D eigenvalue weighted by molar-refractivity contribution is 7.10. The first-order valence-electron chi connectivity index (χ1n) is 7.84. The predicted octanol–water partition coefficient (Wildman–Crippen LogP) is 2.84. The maximum atomic E-state index is 12.4. The molecule has 0 atom stereocenters.